The number of fused-ring (bicyclic) bond motifs is 1. The first-order valence-electron chi connectivity index (χ1n) is 6.95. The Kier molecular flexibility index (Phi) is 3.41. The maximum absolute atomic E-state index is 3.52. The van der Waals surface area contributed by atoms with E-state index in [9.17, 15) is 0 Å². The van der Waals surface area contributed by atoms with Gasteiger partial charge >= 0.3 is 0 Å². The Bertz CT molecular complexity index is 548. The van der Waals surface area contributed by atoms with Crippen molar-refractivity contribution in [2.45, 2.75) is 12.8 Å². The first-order chi connectivity index (χ1) is 9.33. The Hall–Kier alpha value is -1.96. The monoisotopic (exact) mass is 252 g/mol. The normalized spacial score (nSPS) is 13.4. The van der Waals surface area contributed by atoms with Gasteiger partial charge in [0.05, 0.1) is 0 Å². The van der Waals surface area contributed by atoms with Crippen LogP contribution in [0.4, 0.5) is 11.4 Å². The van der Waals surface area contributed by atoms with Crippen LogP contribution in [0.25, 0.3) is 0 Å². The smallest absolute Gasteiger partial charge is 0.0398 e. The summed E-state index contributed by atoms with van der Waals surface area (Å²) >= 11 is 0. The van der Waals surface area contributed by atoms with E-state index in [1.54, 1.807) is 0 Å². The van der Waals surface area contributed by atoms with Crippen molar-refractivity contribution < 1.29 is 0 Å². The molecular formula is C17H20N2. The van der Waals surface area contributed by atoms with Gasteiger partial charge in [-0.25, -0.2) is 0 Å². The summed E-state index contributed by atoms with van der Waals surface area (Å²) in [5.41, 5.74) is 5.47. The van der Waals surface area contributed by atoms with Gasteiger partial charge in [-0.15, -0.1) is 0 Å². The highest BCUT2D eigenvalue weighted by Gasteiger charge is 2.15. The SMILES string of the molecule is CN1CCc2cc(NCCc3ccccc3)ccc21. The molecule has 0 fully saturated rings. The number of nitrogens with zero attached hydrogens (tertiary/aromatic N) is 1. The third-order valence-electron chi connectivity index (χ3n) is 3.79. The van der Waals surface area contributed by atoms with Crippen molar-refractivity contribution in [2.24, 2.45) is 0 Å². The van der Waals surface area contributed by atoms with Gasteiger partial charge in [-0.3, -0.25) is 0 Å². The van der Waals surface area contributed by atoms with Crippen molar-refractivity contribution >= 4 is 11.4 Å². The van der Waals surface area contributed by atoms with Crippen molar-refractivity contribution in [3.8, 4) is 0 Å². The van der Waals surface area contributed by atoms with Gasteiger partial charge in [0.1, 0.15) is 0 Å². The molecule has 0 saturated heterocycles. The van der Waals surface area contributed by atoms with Gasteiger partial charge in [-0.1, -0.05) is 30.3 Å². The van der Waals surface area contributed by atoms with Crippen LogP contribution in [0.2, 0.25) is 0 Å². The fraction of sp³-hybridized carbons (Fsp3) is 0.294. The molecule has 0 amide bonds. The maximum Gasteiger partial charge on any atom is 0.0398 e. The molecule has 1 aliphatic heterocycles. The Balaban J connectivity index is 1.59. The van der Waals surface area contributed by atoms with Crippen LogP contribution in [0.15, 0.2) is 48.5 Å². The van der Waals surface area contributed by atoms with Crippen molar-refractivity contribution in [1.82, 2.24) is 0 Å². The van der Waals surface area contributed by atoms with Crippen LogP contribution in [0, 0.1) is 0 Å². The number of hydrogen-bond acceptors (Lipinski definition) is 2. The zero-order chi connectivity index (χ0) is 13.1. The molecule has 0 aliphatic carbocycles. The Morgan fingerprint density at radius 3 is 2.79 bits per heavy atom. The van der Waals surface area contributed by atoms with Gasteiger partial charge in [0.15, 0.2) is 0 Å². The minimum absolute atomic E-state index is 0.985. The number of hydrogen-bond donors (Lipinski definition) is 1. The predicted octanol–water partition coefficient (Wildman–Crippen LogP) is 3.33. The van der Waals surface area contributed by atoms with Crippen molar-refractivity contribution in [2.75, 3.05) is 30.4 Å². The van der Waals surface area contributed by atoms with Crippen LogP contribution < -0.4 is 10.2 Å². The fourth-order valence-corrected chi connectivity index (χ4v) is 2.67. The molecule has 2 aromatic carbocycles. The predicted molar refractivity (Wildman–Crippen MR) is 82.1 cm³/mol. The molecule has 98 valence electrons. The third kappa shape index (κ3) is 2.73. The zero-order valence-electron chi connectivity index (χ0n) is 11.4. The van der Waals surface area contributed by atoms with Gasteiger partial charge in [0.2, 0.25) is 0 Å². The largest absolute Gasteiger partial charge is 0.385 e. The minimum Gasteiger partial charge on any atom is -0.385 e. The maximum atomic E-state index is 3.52. The molecule has 0 saturated carbocycles. The number of anilines is 2. The molecule has 3 rings (SSSR count). The number of nitrogens with one attached hydrogen (secondary N) is 1. The van der Waals surface area contributed by atoms with Crippen LogP contribution >= 0.6 is 0 Å². The highest BCUT2D eigenvalue weighted by atomic mass is 15.1. The summed E-state index contributed by atoms with van der Waals surface area (Å²) < 4.78 is 0. The second-order valence-corrected chi connectivity index (χ2v) is 5.18. The standard InChI is InChI=1S/C17H20N2/c1-19-12-10-15-13-16(7-8-17(15)19)18-11-9-14-5-3-2-4-6-14/h2-8,13,18H,9-12H2,1H3. The van der Waals surface area contributed by atoms with E-state index >= 15 is 0 Å². The van der Waals surface area contributed by atoms with Gasteiger partial charge in [-0.2, -0.15) is 0 Å². The molecule has 0 aromatic heterocycles. The van der Waals surface area contributed by atoms with E-state index in [2.05, 4.69) is 65.8 Å². The summed E-state index contributed by atoms with van der Waals surface area (Å²) in [6, 6.07) is 17.3. The highest BCUT2D eigenvalue weighted by molar-refractivity contribution is 5.63. The summed E-state index contributed by atoms with van der Waals surface area (Å²) in [6.45, 7) is 2.13. The highest BCUT2D eigenvalue weighted by Crippen LogP contribution is 2.28. The Morgan fingerprint density at radius 1 is 1.11 bits per heavy atom. The van der Waals surface area contributed by atoms with E-state index in [4.69, 9.17) is 0 Å². The molecule has 1 heterocycles. The molecule has 0 bridgehead atoms. The first kappa shape index (κ1) is 12.1. The van der Waals surface area contributed by atoms with Crippen LogP contribution in [0.3, 0.4) is 0 Å². The molecular weight excluding hydrogens is 232 g/mol. The quantitative estimate of drug-likeness (QED) is 0.898. The van der Waals surface area contributed by atoms with Crippen LogP contribution in [-0.4, -0.2) is 20.1 Å². The number of benzene rings is 2. The molecule has 0 atom stereocenters. The number of rotatable bonds is 4. The van der Waals surface area contributed by atoms with Gasteiger partial charge in [-0.05, 0) is 42.2 Å². The van der Waals surface area contributed by atoms with E-state index in [1.807, 2.05) is 0 Å². The Morgan fingerprint density at radius 2 is 1.95 bits per heavy atom. The second kappa shape index (κ2) is 5.35. The van der Waals surface area contributed by atoms with Crippen LogP contribution in [0.5, 0.6) is 0 Å². The zero-order valence-corrected chi connectivity index (χ0v) is 11.4. The van der Waals surface area contributed by atoms with E-state index in [0.29, 0.717) is 0 Å². The molecule has 2 heteroatoms. The summed E-state index contributed by atoms with van der Waals surface area (Å²) in [4.78, 5) is 2.32. The summed E-state index contributed by atoms with van der Waals surface area (Å²) in [5.74, 6) is 0. The lowest BCUT2D eigenvalue weighted by Crippen LogP contribution is -2.12. The van der Waals surface area contributed by atoms with Gasteiger partial charge in [0, 0.05) is 31.5 Å². The number of likely N-dealkylation sites (N-methyl/N-ethyl adjacent to an activating group) is 1. The van der Waals surface area contributed by atoms with Crippen molar-refractivity contribution in [1.29, 1.82) is 0 Å². The summed E-state index contributed by atoms with van der Waals surface area (Å²) in [6.07, 6.45) is 2.23. The molecule has 2 nitrogen and oxygen atoms in total. The lowest BCUT2D eigenvalue weighted by molar-refractivity contribution is 0.956. The van der Waals surface area contributed by atoms with Crippen molar-refractivity contribution in [3.63, 3.8) is 0 Å². The second-order valence-electron chi connectivity index (χ2n) is 5.18. The van der Waals surface area contributed by atoms with Gasteiger partial charge < -0.3 is 10.2 Å². The van der Waals surface area contributed by atoms with E-state index in [0.717, 1.165) is 19.5 Å². The average Bonchev–Trinajstić information content (AvgIpc) is 2.81. The van der Waals surface area contributed by atoms with Crippen LogP contribution in [-0.2, 0) is 12.8 Å². The minimum atomic E-state index is 0.985. The lowest BCUT2D eigenvalue weighted by atomic mass is 10.1. The molecule has 1 aliphatic rings. The van der Waals surface area contributed by atoms with Gasteiger partial charge in [0.25, 0.3) is 0 Å². The molecule has 0 unspecified atom stereocenters. The molecule has 0 radical (unpaired) electrons. The molecule has 19 heavy (non-hydrogen) atoms. The third-order valence-corrected chi connectivity index (χ3v) is 3.79. The topological polar surface area (TPSA) is 15.3 Å². The van der Waals surface area contributed by atoms with E-state index in [1.165, 1.54) is 28.9 Å². The summed E-state index contributed by atoms with van der Waals surface area (Å²) in [7, 11) is 2.16. The molecule has 0 spiro atoms. The first-order valence-corrected chi connectivity index (χ1v) is 6.95. The fourth-order valence-electron chi connectivity index (χ4n) is 2.67. The molecule has 1 N–H and O–H groups in total. The van der Waals surface area contributed by atoms with E-state index < -0.39 is 0 Å². The Labute approximate surface area is 115 Å². The molecule has 2 aromatic rings. The van der Waals surface area contributed by atoms with E-state index in [-0.39, 0.29) is 0 Å². The van der Waals surface area contributed by atoms with Crippen molar-refractivity contribution in [3.05, 3.63) is 59.7 Å². The van der Waals surface area contributed by atoms with Crippen LogP contribution in [0.1, 0.15) is 11.1 Å². The lowest BCUT2D eigenvalue weighted by Gasteiger charge is -2.13. The summed E-state index contributed by atoms with van der Waals surface area (Å²) in [5, 5.41) is 3.52. The average molecular weight is 252 g/mol.